The fraction of sp³-hybridized carbons (Fsp3) is 0.207. The van der Waals surface area contributed by atoms with Gasteiger partial charge >= 0.3 is 5.97 Å². The van der Waals surface area contributed by atoms with Crippen LogP contribution in [-0.4, -0.2) is 28.9 Å². The van der Waals surface area contributed by atoms with E-state index in [1.807, 2.05) is 19.1 Å². The smallest absolute Gasteiger partial charge is 0.338 e. The molecule has 36 heavy (non-hydrogen) atoms. The number of aryl methyl sites for hydroxylation is 2. The molecule has 184 valence electrons. The highest BCUT2D eigenvalue weighted by Gasteiger charge is 2.47. The third-order valence-electron chi connectivity index (χ3n) is 5.94. The van der Waals surface area contributed by atoms with Crippen molar-refractivity contribution in [3.8, 4) is 0 Å². The molecule has 6 nitrogen and oxygen atoms in total. The van der Waals surface area contributed by atoms with E-state index in [0.29, 0.717) is 11.3 Å². The molecule has 0 aromatic heterocycles. The van der Waals surface area contributed by atoms with Gasteiger partial charge in [-0.05, 0) is 75.2 Å². The van der Waals surface area contributed by atoms with Crippen LogP contribution in [0.15, 0.2) is 72.3 Å². The lowest BCUT2D eigenvalue weighted by Gasteiger charge is -2.26. The van der Waals surface area contributed by atoms with E-state index in [0.717, 1.165) is 5.56 Å². The number of hydrogen-bond acceptors (Lipinski definition) is 5. The first kappa shape index (κ1) is 24.9. The molecule has 1 unspecified atom stereocenters. The lowest BCUT2D eigenvalue weighted by atomic mass is 9.94. The summed E-state index contributed by atoms with van der Waals surface area (Å²) >= 11 is 0. The Morgan fingerprint density at radius 3 is 2.36 bits per heavy atom. The lowest BCUT2D eigenvalue weighted by Crippen LogP contribution is -2.29. The van der Waals surface area contributed by atoms with Gasteiger partial charge in [0.1, 0.15) is 11.6 Å². The topological polar surface area (TPSA) is 83.9 Å². The molecule has 0 saturated carbocycles. The van der Waals surface area contributed by atoms with Crippen LogP contribution in [0.5, 0.6) is 0 Å². The van der Waals surface area contributed by atoms with Gasteiger partial charge in [0.2, 0.25) is 0 Å². The molecule has 3 aromatic rings. The predicted octanol–water partition coefficient (Wildman–Crippen LogP) is 5.63. The van der Waals surface area contributed by atoms with E-state index in [2.05, 4.69) is 0 Å². The number of Topliss-reactive ketones (excluding diaryl/α,β-unsaturated/α-hetero) is 1. The molecule has 1 amide bonds. The number of anilines is 1. The van der Waals surface area contributed by atoms with Crippen molar-refractivity contribution in [3.63, 3.8) is 0 Å². The molecule has 1 aliphatic heterocycles. The Hall–Kier alpha value is -4.26. The van der Waals surface area contributed by atoms with Crippen LogP contribution in [0.2, 0.25) is 0 Å². The second-order valence-electron chi connectivity index (χ2n) is 9.05. The van der Waals surface area contributed by atoms with E-state index >= 15 is 0 Å². The van der Waals surface area contributed by atoms with Gasteiger partial charge in [-0.15, -0.1) is 0 Å². The number of halogens is 1. The van der Waals surface area contributed by atoms with Gasteiger partial charge < -0.3 is 9.84 Å². The highest BCUT2D eigenvalue weighted by Crippen LogP contribution is 2.42. The summed E-state index contributed by atoms with van der Waals surface area (Å²) < 4.78 is 19.1. The molecule has 0 bridgehead atoms. The molecule has 1 N–H and O–H groups in total. The average Bonchev–Trinajstić information content (AvgIpc) is 3.10. The van der Waals surface area contributed by atoms with Crippen molar-refractivity contribution in [3.05, 3.63) is 106 Å². The van der Waals surface area contributed by atoms with Crippen LogP contribution in [0.4, 0.5) is 10.1 Å². The second kappa shape index (κ2) is 9.77. The number of carbonyl (C=O) groups excluding carboxylic acids is 3. The first-order chi connectivity index (χ1) is 17.1. The minimum Gasteiger partial charge on any atom is -0.507 e. The van der Waals surface area contributed by atoms with Crippen LogP contribution in [-0.2, 0) is 14.3 Å². The number of esters is 1. The minimum absolute atomic E-state index is 0.119. The van der Waals surface area contributed by atoms with Crippen molar-refractivity contribution >= 4 is 29.1 Å². The Labute approximate surface area is 208 Å². The van der Waals surface area contributed by atoms with E-state index in [1.165, 1.54) is 29.2 Å². The van der Waals surface area contributed by atoms with Crippen LogP contribution in [0, 0.1) is 19.7 Å². The van der Waals surface area contributed by atoms with Gasteiger partial charge in [-0.25, -0.2) is 9.18 Å². The van der Waals surface area contributed by atoms with Gasteiger partial charge in [0.05, 0.1) is 23.3 Å². The number of hydrogen-bond donors (Lipinski definition) is 1. The Bertz CT molecular complexity index is 1410. The zero-order valence-corrected chi connectivity index (χ0v) is 20.4. The van der Waals surface area contributed by atoms with E-state index in [9.17, 15) is 23.9 Å². The van der Waals surface area contributed by atoms with Crippen molar-refractivity contribution in [1.29, 1.82) is 0 Å². The first-order valence-corrected chi connectivity index (χ1v) is 11.5. The third-order valence-corrected chi connectivity index (χ3v) is 5.94. The highest BCUT2D eigenvalue weighted by molar-refractivity contribution is 6.51. The number of aliphatic hydroxyl groups is 1. The number of benzene rings is 3. The summed E-state index contributed by atoms with van der Waals surface area (Å²) in [4.78, 5) is 40.4. The zero-order chi connectivity index (χ0) is 26.1. The van der Waals surface area contributed by atoms with Gasteiger partial charge in [-0.1, -0.05) is 35.9 Å². The number of ketones is 1. The molecule has 1 saturated heterocycles. The van der Waals surface area contributed by atoms with Crippen molar-refractivity contribution < 1.29 is 28.6 Å². The molecule has 1 atom stereocenters. The van der Waals surface area contributed by atoms with Gasteiger partial charge in [0.15, 0.2) is 0 Å². The van der Waals surface area contributed by atoms with Crippen LogP contribution in [0.3, 0.4) is 0 Å². The van der Waals surface area contributed by atoms with E-state index in [-0.39, 0.29) is 28.4 Å². The summed E-state index contributed by atoms with van der Waals surface area (Å²) in [6.45, 7) is 6.89. The van der Waals surface area contributed by atoms with Crippen molar-refractivity contribution in [2.24, 2.45) is 0 Å². The van der Waals surface area contributed by atoms with Crippen molar-refractivity contribution in [2.75, 3.05) is 4.90 Å². The fourth-order valence-electron chi connectivity index (χ4n) is 4.27. The van der Waals surface area contributed by atoms with Crippen molar-refractivity contribution in [1.82, 2.24) is 0 Å². The standard InChI is InChI=1S/C29H26FNO5/c1-16(2)36-29(35)21-9-6-10-22(15-21)31-25(19-8-5-7-17(3)13-19)24(27(33)28(31)34)26(32)20-11-12-23(30)18(4)14-20/h5-16,25,32H,1-4H3/b26-24+. The molecule has 0 aliphatic carbocycles. The minimum atomic E-state index is -0.966. The molecule has 4 rings (SSSR count). The predicted molar refractivity (Wildman–Crippen MR) is 134 cm³/mol. The summed E-state index contributed by atoms with van der Waals surface area (Å²) in [5, 5.41) is 11.2. The molecular formula is C29H26FNO5. The number of amides is 1. The average molecular weight is 488 g/mol. The van der Waals surface area contributed by atoms with Crippen LogP contribution < -0.4 is 4.90 Å². The fourth-order valence-corrected chi connectivity index (χ4v) is 4.27. The summed E-state index contributed by atoms with van der Waals surface area (Å²) in [7, 11) is 0. The quantitative estimate of drug-likeness (QED) is 0.218. The molecule has 0 spiro atoms. The number of carbonyl (C=O) groups is 3. The number of ether oxygens (including phenoxy) is 1. The SMILES string of the molecule is Cc1cccc(C2/C(=C(\O)c3ccc(F)c(C)c3)C(=O)C(=O)N2c2cccc(C(=O)OC(C)C)c2)c1. The number of aliphatic hydroxyl groups excluding tert-OH is 1. The van der Waals surface area contributed by atoms with Gasteiger partial charge in [0.25, 0.3) is 11.7 Å². The molecular weight excluding hydrogens is 461 g/mol. The van der Waals surface area contributed by atoms with Gasteiger partial charge in [-0.2, -0.15) is 0 Å². The normalized spacial score (nSPS) is 17.1. The lowest BCUT2D eigenvalue weighted by molar-refractivity contribution is -0.132. The molecule has 7 heteroatoms. The Kier molecular flexibility index (Phi) is 6.75. The highest BCUT2D eigenvalue weighted by atomic mass is 19.1. The molecule has 1 fully saturated rings. The van der Waals surface area contributed by atoms with Gasteiger partial charge in [-0.3, -0.25) is 14.5 Å². The summed E-state index contributed by atoms with van der Waals surface area (Å²) in [5.74, 6) is -3.14. The Balaban J connectivity index is 1.91. The van der Waals surface area contributed by atoms with E-state index < -0.39 is 35.3 Å². The molecule has 1 aliphatic rings. The van der Waals surface area contributed by atoms with Gasteiger partial charge in [0, 0.05) is 11.3 Å². The molecule has 1 heterocycles. The van der Waals surface area contributed by atoms with Crippen LogP contribution in [0.25, 0.3) is 5.76 Å². The molecule has 3 aromatic carbocycles. The zero-order valence-electron chi connectivity index (χ0n) is 20.4. The maximum absolute atomic E-state index is 13.9. The van der Waals surface area contributed by atoms with E-state index in [1.54, 1.807) is 51.1 Å². The molecule has 0 radical (unpaired) electrons. The van der Waals surface area contributed by atoms with E-state index in [4.69, 9.17) is 4.74 Å². The maximum Gasteiger partial charge on any atom is 0.338 e. The van der Waals surface area contributed by atoms with Crippen LogP contribution >= 0.6 is 0 Å². The second-order valence-corrected chi connectivity index (χ2v) is 9.05. The van der Waals surface area contributed by atoms with Crippen LogP contribution in [0.1, 0.15) is 52.5 Å². The maximum atomic E-state index is 13.9. The summed E-state index contributed by atoms with van der Waals surface area (Å²) in [6, 6.07) is 16.5. The first-order valence-electron chi connectivity index (χ1n) is 11.5. The monoisotopic (exact) mass is 487 g/mol. The Morgan fingerprint density at radius 1 is 0.972 bits per heavy atom. The number of rotatable bonds is 5. The summed E-state index contributed by atoms with van der Waals surface area (Å²) in [6.07, 6.45) is -0.332. The van der Waals surface area contributed by atoms with Crippen molar-refractivity contribution in [2.45, 2.75) is 39.8 Å². The largest absolute Gasteiger partial charge is 0.507 e. The Morgan fingerprint density at radius 2 is 1.69 bits per heavy atom. The number of nitrogens with zero attached hydrogens (tertiary/aromatic N) is 1. The summed E-state index contributed by atoms with van der Waals surface area (Å²) in [5.41, 5.74) is 2.41. The third kappa shape index (κ3) is 4.64.